The lowest BCUT2D eigenvalue weighted by molar-refractivity contribution is 0.0741. The van der Waals surface area contributed by atoms with Crippen LogP contribution in [0.25, 0.3) is 0 Å². The second-order valence-electron chi connectivity index (χ2n) is 9.42. The lowest BCUT2D eigenvalue weighted by atomic mass is 10.1. The van der Waals surface area contributed by atoms with E-state index in [1.807, 2.05) is 62.1 Å². The zero-order valence-electron chi connectivity index (χ0n) is 23.1. The van der Waals surface area contributed by atoms with Crippen molar-refractivity contribution >= 4 is 34.6 Å². The van der Waals surface area contributed by atoms with E-state index in [1.54, 1.807) is 17.4 Å². The summed E-state index contributed by atoms with van der Waals surface area (Å²) in [7, 11) is 1.61. The van der Waals surface area contributed by atoms with Crippen LogP contribution in [0, 0.1) is 13.8 Å². The zero-order chi connectivity index (χ0) is 27.8. The molecule has 0 bridgehead atoms. The van der Waals surface area contributed by atoms with Gasteiger partial charge in [-0.1, -0.05) is 30.3 Å². The first-order valence-electron chi connectivity index (χ1n) is 13.2. The van der Waals surface area contributed by atoms with Crippen LogP contribution in [0.3, 0.4) is 0 Å². The van der Waals surface area contributed by atoms with Gasteiger partial charge >= 0.3 is 6.03 Å². The SMILES string of the molecule is CCOc1ccccc1N1CCN(C(=O)c2csc(CN(CCOC)C(=O)Nc3c(C)cccc3C)n2)CC1. The summed E-state index contributed by atoms with van der Waals surface area (Å²) in [6.45, 7) is 10.3. The molecular weight excluding hydrogens is 514 g/mol. The molecule has 3 aromatic rings. The third-order valence-electron chi connectivity index (χ3n) is 6.74. The Morgan fingerprint density at radius 1 is 1.05 bits per heavy atom. The lowest BCUT2D eigenvalue weighted by Gasteiger charge is -2.36. The average molecular weight is 552 g/mol. The summed E-state index contributed by atoms with van der Waals surface area (Å²) in [6.07, 6.45) is 0. The number of benzene rings is 2. The number of rotatable bonds is 10. The number of amides is 3. The summed E-state index contributed by atoms with van der Waals surface area (Å²) in [5.41, 5.74) is 4.28. The van der Waals surface area contributed by atoms with Gasteiger partial charge in [0.25, 0.3) is 5.91 Å². The molecule has 0 aliphatic carbocycles. The Morgan fingerprint density at radius 2 is 1.77 bits per heavy atom. The topological polar surface area (TPSA) is 87.2 Å². The van der Waals surface area contributed by atoms with Crippen LogP contribution in [0.1, 0.15) is 33.5 Å². The van der Waals surface area contributed by atoms with Crippen molar-refractivity contribution in [2.75, 3.05) is 63.3 Å². The predicted molar refractivity (Wildman–Crippen MR) is 155 cm³/mol. The summed E-state index contributed by atoms with van der Waals surface area (Å²) in [5, 5.41) is 5.53. The molecule has 3 amide bonds. The van der Waals surface area contributed by atoms with Crippen LogP contribution in [0.5, 0.6) is 5.75 Å². The van der Waals surface area contributed by atoms with Crippen LogP contribution in [0.15, 0.2) is 47.8 Å². The van der Waals surface area contributed by atoms with Crippen LogP contribution in [0.4, 0.5) is 16.2 Å². The van der Waals surface area contributed by atoms with Crippen molar-refractivity contribution < 1.29 is 19.1 Å². The minimum atomic E-state index is -0.226. The van der Waals surface area contributed by atoms with Gasteiger partial charge in [-0.25, -0.2) is 9.78 Å². The van der Waals surface area contributed by atoms with E-state index < -0.39 is 0 Å². The van der Waals surface area contributed by atoms with Gasteiger partial charge in [0.2, 0.25) is 0 Å². The number of urea groups is 1. The lowest BCUT2D eigenvalue weighted by Crippen LogP contribution is -2.49. The largest absolute Gasteiger partial charge is 0.492 e. The quantitative estimate of drug-likeness (QED) is 0.390. The van der Waals surface area contributed by atoms with Gasteiger partial charge in [-0.15, -0.1) is 11.3 Å². The highest BCUT2D eigenvalue weighted by molar-refractivity contribution is 7.09. The molecule has 0 unspecified atom stereocenters. The summed E-state index contributed by atoms with van der Waals surface area (Å²) in [6, 6.07) is 13.7. The first-order chi connectivity index (χ1) is 18.9. The standard InChI is InChI=1S/C29H37N5O4S/c1-5-38-25-12-7-6-11-24(25)32-13-15-33(16-14-32)28(35)23-20-39-26(30-23)19-34(17-18-37-4)29(36)31-27-21(2)9-8-10-22(27)3/h6-12,20H,5,13-19H2,1-4H3,(H,31,36). The van der Waals surface area contributed by atoms with E-state index in [2.05, 4.69) is 21.3 Å². The number of methoxy groups -OCH3 is 1. The molecule has 1 aliphatic heterocycles. The molecule has 2 aromatic carbocycles. The molecule has 1 N–H and O–H groups in total. The van der Waals surface area contributed by atoms with Gasteiger partial charge in [0.1, 0.15) is 16.5 Å². The van der Waals surface area contributed by atoms with Gasteiger partial charge in [-0.3, -0.25) is 4.79 Å². The molecule has 0 saturated carbocycles. The van der Waals surface area contributed by atoms with Crippen LogP contribution in [-0.2, 0) is 11.3 Å². The Labute approximate surface area is 234 Å². The van der Waals surface area contributed by atoms with Gasteiger partial charge in [-0.2, -0.15) is 0 Å². The fourth-order valence-corrected chi connectivity index (χ4v) is 5.39. The Morgan fingerprint density at radius 3 is 2.46 bits per heavy atom. The molecule has 0 atom stereocenters. The summed E-state index contributed by atoms with van der Waals surface area (Å²) >= 11 is 1.39. The van der Waals surface area contributed by atoms with Crippen molar-refractivity contribution in [2.45, 2.75) is 27.3 Å². The molecule has 1 aromatic heterocycles. The highest BCUT2D eigenvalue weighted by atomic mass is 32.1. The summed E-state index contributed by atoms with van der Waals surface area (Å²) < 4.78 is 11.0. The van der Waals surface area contributed by atoms with Crippen LogP contribution >= 0.6 is 11.3 Å². The van der Waals surface area contributed by atoms with E-state index in [-0.39, 0.29) is 11.9 Å². The number of nitrogens with zero attached hydrogens (tertiary/aromatic N) is 4. The number of thiazole rings is 1. The van der Waals surface area contributed by atoms with Crippen molar-refractivity contribution in [3.8, 4) is 5.75 Å². The number of aryl methyl sites for hydroxylation is 2. The second kappa shape index (κ2) is 13.4. The van der Waals surface area contributed by atoms with E-state index in [0.717, 1.165) is 41.3 Å². The van der Waals surface area contributed by atoms with Gasteiger partial charge in [-0.05, 0) is 44.0 Å². The van der Waals surface area contributed by atoms with Gasteiger partial charge in [0.05, 0.1) is 25.4 Å². The first kappa shape index (κ1) is 28.4. The van der Waals surface area contributed by atoms with E-state index in [9.17, 15) is 9.59 Å². The normalized spacial score (nSPS) is 13.3. The van der Waals surface area contributed by atoms with Gasteiger partial charge in [0.15, 0.2) is 0 Å². The van der Waals surface area contributed by atoms with Crippen molar-refractivity contribution in [2.24, 2.45) is 0 Å². The summed E-state index contributed by atoms with van der Waals surface area (Å²) in [5.74, 6) is 0.780. The molecule has 9 nitrogen and oxygen atoms in total. The molecule has 10 heteroatoms. The number of piperazine rings is 1. The number of aromatic nitrogens is 1. The maximum absolute atomic E-state index is 13.2. The number of carbonyl (C=O) groups excluding carboxylic acids is 2. The maximum Gasteiger partial charge on any atom is 0.322 e. The van der Waals surface area contributed by atoms with Gasteiger partial charge in [0, 0.05) is 50.9 Å². The fraction of sp³-hybridized carbons (Fsp3) is 0.414. The molecule has 1 fully saturated rings. The molecule has 2 heterocycles. The maximum atomic E-state index is 13.2. The van der Waals surface area contributed by atoms with Crippen molar-refractivity contribution in [1.29, 1.82) is 0 Å². The highest BCUT2D eigenvalue weighted by Gasteiger charge is 2.26. The third-order valence-corrected chi connectivity index (χ3v) is 7.57. The zero-order valence-corrected chi connectivity index (χ0v) is 23.9. The Bertz CT molecular complexity index is 1250. The van der Waals surface area contributed by atoms with Crippen molar-refractivity contribution in [3.63, 3.8) is 0 Å². The Kier molecular flexibility index (Phi) is 9.78. The van der Waals surface area contributed by atoms with E-state index >= 15 is 0 Å². The molecule has 0 spiro atoms. The average Bonchev–Trinajstić information content (AvgIpc) is 3.42. The van der Waals surface area contributed by atoms with Crippen LogP contribution in [-0.4, -0.2) is 79.8 Å². The number of hydrogen-bond acceptors (Lipinski definition) is 7. The Balaban J connectivity index is 1.38. The fourth-order valence-electron chi connectivity index (χ4n) is 4.60. The number of hydrogen-bond donors (Lipinski definition) is 1. The molecule has 0 radical (unpaired) electrons. The molecule has 1 aliphatic rings. The van der Waals surface area contributed by atoms with Crippen LogP contribution < -0.4 is 15.0 Å². The minimum absolute atomic E-state index is 0.0846. The van der Waals surface area contributed by atoms with E-state index in [1.165, 1.54) is 11.3 Å². The van der Waals surface area contributed by atoms with E-state index in [4.69, 9.17) is 9.47 Å². The smallest absolute Gasteiger partial charge is 0.322 e. The first-order valence-corrected chi connectivity index (χ1v) is 14.1. The number of carbonyl (C=O) groups is 2. The molecule has 39 heavy (non-hydrogen) atoms. The van der Waals surface area contributed by atoms with Gasteiger partial charge < -0.3 is 29.5 Å². The number of anilines is 2. The molecule has 4 rings (SSSR count). The third kappa shape index (κ3) is 7.07. The number of nitrogens with one attached hydrogen (secondary N) is 1. The van der Waals surface area contributed by atoms with Crippen LogP contribution in [0.2, 0.25) is 0 Å². The summed E-state index contributed by atoms with van der Waals surface area (Å²) in [4.78, 5) is 36.8. The molecular formula is C29H37N5O4S. The van der Waals surface area contributed by atoms with Crippen molar-refractivity contribution in [1.82, 2.24) is 14.8 Å². The highest BCUT2D eigenvalue weighted by Crippen LogP contribution is 2.29. The number of para-hydroxylation sites is 3. The minimum Gasteiger partial charge on any atom is -0.492 e. The predicted octanol–water partition coefficient (Wildman–Crippen LogP) is 4.80. The number of ether oxygens (including phenoxy) is 2. The molecule has 1 saturated heterocycles. The monoisotopic (exact) mass is 551 g/mol. The Hall–Kier alpha value is -3.63. The second-order valence-corrected chi connectivity index (χ2v) is 10.4. The van der Waals surface area contributed by atoms with E-state index in [0.29, 0.717) is 50.1 Å². The molecule has 208 valence electrons. The van der Waals surface area contributed by atoms with Crippen molar-refractivity contribution in [3.05, 3.63) is 69.7 Å².